The number of benzene rings is 1. The minimum Gasteiger partial charge on any atom is -0.398 e. The highest BCUT2D eigenvalue weighted by molar-refractivity contribution is 6.17. The number of pyridine rings is 2. The van der Waals surface area contributed by atoms with Gasteiger partial charge in [-0.05, 0) is 50.1 Å². The molecule has 10 nitrogen and oxygen atoms in total. The van der Waals surface area contributed by atoms with Crippen LogP contribution in [0.1, 0.15) is 77.6 Å². The van der Waals surface area contributed by atoms with Crippen LogP contribution in [0.3, 0.4) is 0 Å². The lowest BCUT2D eigenvalue weighted by molar-refractivity contribution is -0.137. The molecule has 0 spiro atoms. The molecule has 1 aromatic carbocycles. The van der Waals surface area contributed by atoms with Gasteiger partial charge in [0.25, 0.3) is 5.91 Å². The molecule has 4 rings (SSSR count). The predicted molar refractivity (Wildman–Crippen MR) is 169 cm³/mol. The second-order valence-corrected chi connectivity index (χ2v) is 10.8. The van der Waals surface area contributed by atoms with Gasteiger partial charge in [-0.1, -0.05) is 43.5 Å². The van der Waals surface area contributed by atoms with Crippen molar-refractivity contribution in [1.29, 1.82) is 5.41 Å². The van der Waals surface area contributed by atoms with Crippen molar-refractivity contribution in [3.05, 3.63) is 82.7 Å². The van der Waals surface area contributed by atoms with E-state index < -0.39 is 17.6 Å². The number of hydrogen-bond acceptors (Lipinski definition) is 8. The minimum atomic E-state index is -4.57. The summed E-state index contributed by atoms with van der Waals surface area (Å²) >= 11 is 0. The smallest absolute Gasteiger partial charge is 0.398 e. The third-order valence-electron chi connectivity index (χ3n) is 7.48. The third kappa shape index (κ3) is 9.35. The van der Waals surface area contributed by atoms with Crippen LogP contribution in [0.15, 0.2) is 54.9 Å². The average Bonchev–Trinajstić information content (AvgIpc) is 3.01. The highest BCUT2D eigenvalue weighted by atomic mass is 19.4. The molecular weight excluding hydrogens is 585 g/mol. The number of alkyl halides is 3. The van der Waals surface area contributed by atoms with Crippen LogP contribution in [0.5, 0.6) is 0 Å². The Balaban J connectivity index is 1.30. The van der Waals surface area contributed by atoms with E-state index in [4.69, 9.17) is 16.9 Å². The minimum absolute atomic E-state index is 0.00702. The molecule has 2 heterocycles. The number of anilines is 3. The number of aromatic nitrogens is 2. The third-order valence-corrected chi connectivity index (χ3v) is 7.48. The van der Waals surface area contributed by atoms with Gasteiger partial charge in [-0.25, -0.2) is 9.97 Å². The number of nitrogens with two attached hydrogens (primary N) is 2. The molecule has 13 heteroatoms. The largest absolute Gasteiger partial charge is 0.416 e. The molecule has 0 radical (unpaired) electrons. The van der Waals surface area contributed by atoms with Crippen LogP contribution in [-0.2, 0) is 11.0 Å². The maximum absolute atomic E-state index is 13.0. The number of carbonyl (C=O) groups excluding carboxylic acids is 2. The molecule has 2 aromatic heterocycles. The molecule has 1 saturated carbocycles. The number of rotatable bonds is 12. The molecule has 1 aliphatic rings. The fraction of sp³-hybridized carbons (Fsp3) is 0.344. The first kappa shape index (κ1) is 33.1. The van der Waals surface area contributed by atoms with Crippen LogP contribution in [0.25, 0.3) is 6.08 Å². The van der Waals surface area contributed by atoms with Gasteiger partial charge in [-0.2, -0.15) is 13.2 Å². The number of nitrogens with zero attached hydrogens (tertiary/aromatic N) is 2. The van der Waals surface area contributed by atoms with E-state index in [0.29, 0.717) is 43.1 Å². The number of halogens is 3. The fourth-order valence-electron chi connectivity index (χ4n) is 5.02. The topological polar surface area (TPSA) is 172 Å². The van der Waals surface area contributed by atoms with Crippen LogP contribution >= 0.6 is 0 Å². The van der Waals surface area contributed by atoms with Crippen molar-refractivity contribution in [3.63, 3.8) is 0 Å². The Morgan fingerprint density at radius 1 is 1.00 bits per heavy atom. The molecule has 3 aromatic rings. The van der Waals surface area contributed by atoms with E-state index in [1.807, 2.05) is 6.08 Å². The SMILES string of the molecule is N=C(c1ccc(C(=O)Nc2cc(C(F)(F)F)ccn2)cc1)c1c(N)ncc(/C=C/CCNCCC(=O)NC2CCCCC2)c1N. The van der Waals surface area contributed by atoms with Crippen LogP contribution < -0.4 is 27.4 Å². The summed E-state index contributed by atoms with van der Waals surface area (Å²) in [5.41, 5.74) is 13.2. The van der Waals surface area contributed by atoms with Gasteiger partial charge in [0.2, 0.25) is 5.91 Å². The molecule has 238 valence electrons. The summed E-state index contributed by atoms with van der Waals surface area (Å²) in [7, 11) is 0. The summed E-state index contributed by atoms with van der Waals surface area (Å²) in [4.78, 5) is 32.7. The molecule has 0 bridgehead atoms. The highest BCUT2D eigenvalue weighted by Crippen LogP contribution is 2.30. The zero-order valence-electron chi connectivity index (χ0n) is 24.7. The first-order valence-electron chi connectivity index (χ1n) is 14.8. The monoisotopic (exact) mass is 622 g/mol. The van der Waals surface area contributed by atoms with E-state index >= 15 is 0 Å². The Kier molecular flexibility index (Phi) is 11.3. The van der Waals surface area contributed by atoms with Gasteiger partial charge in [-0.15, -0.1) is 0 Å². The maximum atomic E-state index is 13.0. The molecule has 1 fully saturated rings. The second kappa shape index (κ2) is 15.3. The lowest BCUT2D eigenvalue weighted by Crippen LogP contribution is -2.37. The second-order valence-electron chi connectivity index (χ2n) is 10.8. The lowest BCUT2D eigenvalue weighted by atomic mass is 9.95. The van der Waals surface area contributed by atoms with Crippen molar-refractivity contribution >= 4 is 40.9 Å². The van der Waals surface area contributed by atoms with E-state index in [-0.39, 0.29) is 40.1 Å². The summed E-state index contributed by atoms with van der Waals surface area (Å²) < 4.78 is 38.9. The Morgan fingerprint density at radius 2 is 1.71 bits per heavy atom. The quantitative estimate of drug-likeness (QED) is 0.120. The van der Waals surface area contributed by atoms with Crippen molar-refractivity contribution in [2.75, 3.05) is 29.9 Å². The highest BCUT2D eigenvalue weighted by Gasteiger charge is 2.31. The molecular formula is C32H37F3N8O2. The molecule has 0 unspecified atom stereocenters. The van der Waals surface area contributed by atoms with Gasteiger partial charge in [-0.3, -0.25) is 15.0 Å². The number of amides is 2. The average molecular weight is 623 g/mol. The zero-order valence-corrected chi connectivity index (χ0v) is 24.7. The van der Waals surface area contributed by atoms with Crippen molar-refractivity contribution in [2.45, 2.75) is 57.2 Å². The molecule has 8 N–H and O–H groups in total. The van der Waals surface area contributed by atoms with Crippen LogP contribution in [0, 0.1) is 5.41 Å². The first-order valence-corrected chi connectivity index (χ1v) is 14.8. The van der Waals surface area contributed by atoms with Crippen LogP contribution in [0.4, 0.5) is 30.5 Å². The van der Waals surface area contributed by atoms with E-state index in [1.54, 1.807) is 6.08 Å². The maximum Gasteiger partial charge on any atom is 0.416 e. The first-order chi connectivity index (χ1) is 21.5. The van der Waals surface area contributed by atoms with Gasteiger partial charge in [0, 0.05) is 48.1 Å². The Morgan fingerprint density at radius 3 is 2.42 bits per heavy atom. The number of carbonyl (C=O) groups is 2. The van der Waals surface area contributed by atoms with Crippen LogP contribution in [0.2, 0.25) is 0 Å². The van der Waals surface area contributed by atoms with E-state index in [0.717, 1.165) is 31.2 Å². The van der Waals surface area contributed by atoms with Gasteiger partial charge >= 0.3 is 6.18 Å². The number of nitrogen functional groups attached to an aromatic ring is 2. The van der Waals surface area contributed by atoms with Gasteiger partial charge in [0.05, 0.1) is 22.5 Å². The number of nitrogens with one attached hydrogen (secondary N) is 4. The standard InChI is InChI=1S/C32H37F3N8O2/c33-32(34,35)23-13-17-40-25(18-23)43-31(45)21-11-9-20(10-12-21)28(36)27-29(37)22(19-41-30(27)38)6-4-5-15-39-16-14-26(44)42-24-7-2-1-3-8-24/h4,6,9-13,17-19,24,36,39H,1-3,5,7-8,14-16H2,(H,42,44)(H4,37,38,41)(H,40,43,45)/b6-4+,36-28?. The Labute approximate surface area is 259 Å². The van der Waals surface area contributed by atoms with Crippen molar-refractivity contribution in [1.82, 2.24) is 20.6 Å². The summed E-state index contributed by atoms with van der Waals surface area (Å²) in [6.07, 6.45) is 8.47. The van der Waals surface area contributed by atoms with Gasteiger partial charge < -0.3 is 27.4 Å². The predicted octanol–water partition coefficient (Wildman–Crippen LogP) is 5.16. The van der Waals surface area contributed by atoms with Crippen molar-refractivity contribution < 1.29 is 22.8 Å². The van der Waals surface area contributed by atoms with Gasteiger partial charge in [0.1, 0.15) is 11.6 Å². The van der Waals surface area contributed by atoms with E-state index in [2.05, 4.69) is 25.9 Å². The molecule has 45 heavy (non-hydrogen) atoms. The molecule has 2 amide bonds. The van der Waals surface area contributed by atoms with Gasteiger partial charge in [0.15, 0.2) is 0 Å². The van der Waals surface area contributed by atoms with E-state index in [1.165, 1.54) is 49.7 Å². The van der Waals surface area contributed by atoms with Crippen molar-refractivity contribution in [3.8, 4) is 0 Å². The van der Waals surface area contributed by atoms with E-state index in [9.17, 15) is 22.8 Å². The normalized spacial score (nSPS) is 13.9. The Hall–Kier alpha value is -4.78. The fourth-order valence-corrected chi connectivity index (χ4v) is 5.02. The zero-order chi connectivity index (χ0) is 32.4. The number of hydrogen-bond donors (Lipinski definition) is 6. The van der Waals surface area contributed by atoms with Crippen molar-refractivity contribution in [2.24, 2.45) is 0 Å². The summed E-state index contributed by atoms with van der Waals surface area (Å²) in [6, 6.07) is 7.76. The summed E-state index contributed by atoms with van der Waals surface area (Å²) in [5, 5.41) is 17.4. The molecule has 0 saturated heterocycles. The Bertz CT molecular complexity index is 1530. The summed E-state index contributed by atoms with van der Waals surface area (Å²) in [6.45, 7) is 1.25. The summed E-state index contributed by atoms with van der Waals surface area (Å²) in [5.74, 6) is -0.757. The molecule has 0 atom stereocenters. The molecule has 1 aliphatic carbocycles. The lowest BCUT2D eigenvalue weighted by Gasteiger charge is -2.22. The van der Waals surface area contributed by atoms with Crippen LogP contribution in [-0.4, -0.2) is 46.6 Å². The molecule has 0 aliphatic heterocycles.